The molecule has 3 heterocycles. The molecule has 118 valence electrons. The number of piperazine rings is 1. The highest BCUT2D eigenvalue weighted by atomic mass is 16.6. The molecule has 1 aromatic heterocycles. The smallest absolute Gasteiger partial charge is 0.410 e. The van der Waals surface area contributed by atoms with Gasteiger partial charge in [-0.05, 0) is 6.07 Å². The van der Waals surface area contributed by atoms with E-state index < -0.39 is 0 Å². The molecule has 1 atom stereocenters. The monoisotopic (exact) mass is 312 g/mol. The van der Waals surface area contributed by atoms with Crippen LogP contribution in [-0.2, 0) is 4.74 Å². The third kappa shape index (κ3) is 2.34. The predicted octanol–water partition coefficient (Wildman–Crippen LogP) is 1.35. The predicted molar refractivity (Wildman–Crippen MR) is 81.8 cm³/mol. The number of cyclic esters (lactones) is 1. The van der Waals surface area contributed by atoms with Crippen LogP contribution < -0.4 is 0 Å². The van der Waals surface area contributed by atoms with Crippen molar-refractivity contribution in [3.05, 3.63) is 42.2 Å². The maximum absolute atomic E-state index is 12.9. The number of rotatable bonds is 2. The van der Waals surface area contributed by atoms with Crippen molar-refractivity contribution in [1.82, 2.24) is 19.8 Å². The zero-order valence-electron chi connectivity index (χ0n) is 12.4. The van der Waals surface area contributed by atoms with E-state index in [-0.39, 0.29) is 18.0 Å². The highest BCUT2D eigenvalue weighted by Crippen LogP contribution is 2.24. The number of fused-ring (bicyclic) bond motifs is 1. The van der Waals surface area contributed by atoms with Crippen molar-refractivity contribution in [2.24, 2.45) is 0 Å². The molecule has 7 heteroatoms. The summed E-state index contributed by atoms with van der Waals surface area (Å²) < 4.78 is 5.05. The van der Waals surface area contributed by atoms with Gasteiger partial charge >= 0.3 is 6.09 Å². The van der Waals surface area contributed by atoms with Gasteiger partial charge in [0.25, 0.3) is 5.91 Å². The quantitative estimate of drug-likeness (QED) is 0.908. The average molecular weight is 312 g/mol. The van der Waals surface area contributed by atoms with Crippen LogP contribution in [0.3, 0.4) is 0 Å². The normalized spacial score (nSPS) is 20.3. The van der Waals surface area contributed by atoms with E-state index in [4.69, 9.17) is 4.74 Å². The molecule has 2 fully saturated rings. The number of aromatic amines is 1. The summed E-state index contributed by atoms with van der Waals surface area (Å²) in [5.74, 6) is 0.628. The lowest BCUT2D eigenvalue weighted by Gasteiger charge is -2.35. The van der Waals surface area contributed by atoms with Gasteiger partial charge in [0.15, 0.2) is 0 Å². The topological polar surface area (TPSA) is 78.5 Å². The number of nitrogens with one attached hydrogen (secondary N) is 1. The van der Waals surface area contributed by atoms with E-state index in [1.165, 1.54) is 0 Å². The van der Waals surface area contributed by atoms with Gasteiger partial charge < -0.3 is 14.6 Å². The summed E-state index contributed by atoms with van der Waals surface area (Å²) >= 11 is 0. The third-order valence-electron chi connectivity index (χ3n) is 4.31. The zero-order valence-corrected chi connectivity index (χ0v) is 12.4. The second kappa shape index (κ2) is 5.42. The van der Waals surface area contributed by atoms with Crippen LogP contribution in [0.2, 0.25) is 0 Å². The van der Waals surface area contributed by atoms with Gasteiger partial charge in [-0.25, -0.2) is 9.78 Å². The Labute approximate surface area is 132 Å². The van der Waals surface area contributed by atoms with Gasteiger partial charge in [0.2, 0.25) is 0 Å². The van der Waals surface area contributed by atoms with E-state index >= 15 is 0 Å². The Hall–Kier alpha value is -2.83. The lowest BCUT2D eigenvalue weighted by Crippen LogP contribution is -2.53. The van der Waals surface area contributed by atoms with E-state index in [1.54, 1.807) is 22.2 Å². The van der Waals surface area contributed by atoms with E-state index in [1.807, 2.05) is 24.3 Å². The Morgan fingerprint density at radius 2 is 2.17 bits per heavy atom. The summed E-state index contributed by atoms with van der Waals surface area (Å²) in [7, 11) is 0. The first-order chi connectivity index (χ1) is 11.2. The number of H-pyrrole nitrogens is 1. The van der Waals surface area contributed by atoms with Crippen LogP contribution in [0.5, 0.6) is 0 Å². The first-order valence-electron chi connectivity index (χ1n) is 7.55. The number of ether oxygens (including phenoxy) is 1. The van der Waals surface area contributed by atoms with E-state index in [0.717, 1.165) is 5.56 Å². The number of hydrogen-bond acceptors (Lipinski definition) is 4. The number of imidazole rings is 1. The zero-order chi connectivity index (χ0) is 15.8. The summed E-state index contributed by atoms with van der Waals surface area (Å²) in [6.45, 7) is 1.87. The Bertz CT molecular complexity index is 744. The van der Waals surface area contributed by atoms with Crippen molar-refractivity contribution in [3.63, 3.8) is 0 Å². The molecule has 0 aliphatic carbocycles. The molecule has 0 unspecified atom stereocenters. The summed E-state index contributed by atoms with van der Waals surface area (Å²) in [4.78, 5) is 35.2. The molecule has 0 bridgehead atoms. The summed E-state index contributed by atoms with van der Waals surface area (Å²) in [5, 5.41) is 0. The molecular formula is C16H16N4O3. The number of benzene rings is 1. The van der Waals surface area contributed by atoms with Gasteiger partial charge in [-0.15, -0.1) is 0 Å². The minimum Gasteiger partial charge on any atom is -0.447 e. The van der Waals surface area contributed by atoms with Crippen LogP contribution >= 0.6 is 0 Å². The molecule has 1 N–H and O–H groups in total. The molecule has 1 aromatic carbocycles. The number of carbonyl (C=O) groups is 2. The van der Waals surface area contributed by atoms with Crippen LogP contribution in [0, 0.1) is 0 Å². The molecule has 23 heavy (non-hydrogen) atoms. The molecule has 4 rings (SSSR count). The average Bonchev–Trinajstić information content (AvgIpc) is 3.24. The molecule has 2 amide bonds. The van der Waals surface area contributed by atoms with Gasteiger partial charge in [0.05, 0.1) is 11.6 Å². The second-order valence-electron chi connectivity index (χ2n) is 5.66. The van der Waals surface area contributed by atoms with Crippen LogP contribution in [0.4, 0.5) is 4.79 Å². The highest BCUT2D eigenvalue weighted by Gasteiger charge is 2.39. The number of hydrogen-bond donors (Lipinski definition) is 1. The molecular weight excluding hydrogens is 296 g/mol. The van der Waals surface area contributed by atoms with Crippen molar-refractivity contribution < 1.29 is 14.3 Å². The number of amides is 2. The van der Waals surface area contributed by atoms with Gasteiger partial charge in [-0.3, -0.25) is 9.69 Å². The van der Waals surface area contributed by atoms with Crippen molar-refractivity contribution in [1.29, 1.82) is 0 Å². The van der Waals surface area contributed by atoms with Crippen molar-refractivity contribution >= 4 is 12.0 Å². The Morgan fingerprint density at radius 1 is 1.30 bits per heavy atom. The first kappa shape index (κ1) is 13.8. The fourth-order valence-corrected chi connectivity index (χ4v) is 3.13. The lowest BCUT2D eigenvalue weighted by atomic mass is 10.0. The maximum Gasteiger partial charge on any atom is 0.410 e. The van der Waals surface area contributed by atoms with E-state index in [9.17, 15) is 9.59 Å². The largest absolute Gasteiger partial charge is 0.447 e. The minimum atomic E-state index is -0.280. The molecule has 0 saturated carbocycles. The molecule has 7 nitrogen and oxygen atoms in total. The van der Waals surface area contributed by atoms with E-state index in [0.29, 0.717) is 37.6 Å². The highest BCUT2D eigenvalue weighted by molar-refractivity contribution is 6.00. The fraction of sp³-hybridized carbons (Fsp3) is 0.312. The summed E-state index contributed by atoms with van der Waals surface area (Å²) in [6.07, 6.45) is 3.12. The van der Waals surface area contributed by atoms with Crippen LogP contribution in [-0.4, -0.2) is 64.1 Å². The fourth-order valence-electron chi connectivity index (χ4n) is 3.13. The first-order valence-corrected chi connectivity index (χ1v) is 7.55. The molecule has 2 aromatic rings. The van der Waals surface area contributed by atoms with Gasteiger partial charge in [-0.2, -0.15) is 0 Å². The molecule has 0 radical (unpaired) electrons. The van der Waals surface area contributed by atoms with Crippen LogP contribution in [0.1, 0.15) is 10.4 Å². The van der Waals surface area contributed by atoms with Gasteiger partial charge in [-0.1, -0.05) is 18.2 Å². The standard InChI is InChI=1S/C16H16N4O3/c21-15(19-7-8-20-11(9-19)10-23-16(20)22)13-4-2-1-3-12(13)14-17-5-6-18-14/h1-6,11H,7-10H2,(H,17,18)/t11-/m0/s1. The Balaban J connectivity index is 1.60. The SMILES string of the molecule is O=C(c1ccccc1-c1ncc[nH]1)N1CCN2C(=O)OC[C@@H]2C1. The second-order valence-corrected chi connectivity index (χ2v) is 5.66. The molecule has 0 spiro atoms. The minimum absolute atomic E-state index is 0.0454. The van der Waals surface area contributed by atoms with E-state index in [2.05, 4.69) is 9.97 Å². The Kier molecular flexibility index (Phi) is 3.25. The van der Waals surface area contributed by atoms with Gasteiger partial charge in [0, 0.05) is 37.6 Å². The third-order valence-corrected chi connectivity index (χ3v) is 4.31. The van der Waals surface area contributed by atoms with Crippen LogP contribution in [0.25, 0.3) is 11.4 Å². The lowest BCUT2D eigenvalue weighted by molar-refractivity contribution is 0.0617. The number of aromatic nitrogens is 2. The van der Waals surface area contributed by atoms with Crippen molar-refractivity contribution in [3.8, 4) is 11.4 Å². The number of carbonyl (C=O) groups excluding carboxylic acids is 2. The summed E-state index contributed by atoms with van der Waals surface area (Å²) in [5.41, 5.74) is 1.39. The van der Waals surface area contributed by atoms with Crippen LogP contribution in [0.15, 0.2) is 36.7 Å². The molecule has 2 aliphatic heterocycles. The summed E-state index contributed by atoms with van der Waals surface area (Å²) in [6, 6.07) is 7.37. The van der Waals surface area contributed by atoms with Crippen molar-refractivity contribution in [2.45, 2.75) is 6.04 Å². The molecule has 2 saturated heterocycles. The van der Waals surface area contributed by atoms with Gasteiger partial charge in [0.1, 0.15) is 12.4 Å². The maximum atomic E-state index is 12.9. The number of nitrogens with zero attached hydrogens (tertiary/aromatic N) is 3. The Morgan fingerprint density at radius 3 is 3.00 bits per heavy atom. The van der Waals surface area contributed by atoms with Crippen molar-refractivity contribution in [2.75, 3.05) is 26.2 Å². The molecule has 2 aliphatic rings.